The first-order valence-electron chi connectivity index (χ1n) is 6.86. The number of hydrogen-bond donors (Lipinski definition) is 2. The van der Waals surface area contributed by atoms with Crippen LogP contribution in [-0.4, -0.2) is 64.7 Å². The second-order valence-corrected chi connectivity index (χ2v) is 4.86. The van der Waals surface area contributed by atoms with Crippen molar-refractivity contribution in [1.29, 1.82) is 0 Å². The molecule has 2 N–H and O–H groups in total. The Hall–Kier alpha value is -0.950. The molecular weight excluding hydrogens is 260 g/mol. The van der Waals surface area contributed by atoms with Crippen molar-refractivity contribution in [2.45, 2.75) is 19.4 Å². The highest BCUT2D eigenvalue weighted by molar-refractivity contribution is 5.86. The summed E-state index contributed by atoms with van der Waals surface area (Å²) in [6, 6.07) is 0. The van der Waals surface area contributed by atoms with Crippen molar-refractivity contribution < 1.29 is 19.0 Å². The van der Waals surface area contributed by atoms with E-state index in [1.54, 1.807) is 0 Å². The van der Waals surface area contributed by atoms with Gasteiger partial charge in [0, 0.05) is 13.1 Å². The molecule has 0 aliphatic rings. The van der Waals surface area contributed by atoms with Crippen molar-refractivity contribution in [3.05, 3.63) is 12.7 Å². The quantitative estimate of drug-likeness (QED) is 0.378. The highest BCUT2D eigenvalue weighted by Gasteiger charge is 2.16. The molecule has 0 fully saturated rings. The Labute approximate surface area is 121 Å². The molecule has 0 atom stereocenters. The Morgan fingerprint density at radius 1 is 1.15 bits per heavy atom. The van der Waals surface area contributed by atoms with Crippen molar-refractivity contribution >= 4 is 5.91 Å². The van der Waals surface area contributed by atoms with Crippen molar-refractivity contribution in [2.75, 3.05) is 53.2 Å². The lowest BCUT2D eigenvalue weighted by molar-refractivity contribution is -0.116. The van der Waals surface area contributed by atoms with Gasteiger partial charge in [-0.2, -0.15) is 0 Å². The Balaban J connectivity index is 3.25. The number of hydrogen-bond acceptors (Lipinski definition) is 5. The molecule has 6 heteroatoms. The first-order valence-corrected chi connectivity index (χ1v) is 6.86. The lowest BCUT2D eigenvalue weighted by Gasteiger charge is -2.24. The second-order valence-electron chi connectivity index (χ2n) is 4.86. The maximum Gasteiger partial charge on any atom is 0.243 e. The number of nitrogens with one attached hydrogen (secondary N) is 2. The maximum absolute atomic E-state index is 10.8. The molecule has 0 saturated carbocycles. The fourth-order valence-corrected chi connectivity index (χ4v) is 1.49. The van der Waals surface area contributed by atoms with Gasteiger partial charge >= 0.3 is 0 Å². The molecule has 0 aliphatic carbocycles. The van der Waals surface area contributed by atoms with Crippen LogP contribution in [0.1, 0.15) is 13.8 Å². The molecule has 0 heterocycles. The molecule has 0 bridgehead atoms. The Morgan fingerprint density at radius 2 is 1.75 bits per heavy atom. The molecule has 0 aromatic heterocycles. The van der Waals surface area contributed by atoms with Crippen molar-refractivity contribution in [3.8, 4) is 0 Å². The normalized spacial score (nSPS) is 11.3. The van der Waals surface area contributed by atoms with E-state index in [9.17, 15) is 4.79 Å². The summed E-state index contributed by atoms with van der Waals surface area (Å²) in [4.78, 5) is 10.8. The molecule has 6 nitrogen and oxygen atoms in total. The summed E-state index contributed by atoms with van der Waals surface area (Å²) in [6.07, 6.45) is 1.23. The van der Waals surface area contributed by atoms with Crippen molar-refractivity contribution in [3.63, 3.8) is 0 Å². The Morgan fingerprint density at radius 3 is 2.35 bits per heavy atom. The van der Waals surface area contributed by atoms with Gasteiger partial charge in [0.2, 0.25) is 5.91 Å². The molecule has 0 unspecified atom stereocenters. The molecule has 0 aliphatic heterocycles. The molecule has 0 rings (SSSR count). The van der Waals surface area contributed by atoms with Gasteiger partial charge in [-0.25, -0.2) is 0 Å². The van der Waals surface area contributed by atoms with E-state index in [4.69, 9.17) is 14.2 Å². The maximum atomic E-state index is 10.8. The van der Waals surface area contributed by atoms with Crippen LogP contribution in [0.2, 0.25) is 0 Å². The van der Waals surface area contributed by atoms with Crippen LogP contribution in [0.15, 0.2) is 12.7 Å². The molecule has 0 aromatic rings. The second kappa shape index (κ2) is 11.8. The number of rotatable bonds is 13. The van der Waals surface area contributed by atoms with E-state index in [1.165, 1.54) is 6.08 Å². The number of likely N-dealkylation sites (N-methyl/N-ethyl adjacent to an activating group) is 1. The van der Waals surface area contributed by atoms with E-state index < -0.39 is 0 Å². The Bertz CT molecular complexity index is 270. The predicted molar refractivity (Wildman–Crippen MR) is 78.8 cm³/mol. The summed E-state index contributed by atoms with van der Waals surface area (Å²) in [5, 5.41) is 5.70. The zero-order valence-corrected chi connectivity index (χ0v) is 12.9. The first-order chi connectivity index (χ1) is 9.52. The molecule has 0 radical (unpaired) electrons. The topological polar surface area (TPSA) is 68.8 Å². The van der Waals surface area contributed by atoms with Crippen LogP contribution in [0, 0.1) is 0 Å². The van der Waals surface area contributed by atoms with Crippen LogP contribution in [0.3, 0.4) is 0 Å². The largest absolute Gasteiger partial charge is 0.377 e. The summed E-state index contributed by atoms with van der Waals surface area (Å²) in [5.74, 6) is -0.189. The number of amides is 1. The van der Waals surface area contributed by atoms with Crippen LogP contribution in [0.4, 0.5) is 0 Å². The van der Waals surface area contributed by atoms with Crippen LogP contribution >= 0.6 is 0 Å². The van der Waals surface area contributed by atoms with Gasteiger partial charge in [0.25, 0.3) is 0 Å². The SMILES string of the molecule is C=CC(=O)NCCOCCOCCOC(C)(C)CNC. The summed E-state index contributed by atoms with van der Waals surface area (Å²) in [6.45, 7) is 11.3. The summed E-state index contributed by atoms with van der Waals surface area (Å²) >= 11 is 0. The summed E-state index contributed by atoms with van der Waals surface area (Å²) in [7, 11) is 1.90. The average molecular weight is 288 g/mol. The minimum Gasteiger partial charge on any atom is -0.377 e. The number of carbonyl (C=O) groups is 1. The Kier molecular flexibility index (Phi) is 11.3. The van der Waals surface area contributed by atoms with Gasteiger partial charge in [0.15, 0.2) is 0 Å². The van der Waals surface area contributed by atoms with Crippen LogP contribution in [-0.2, 0) is 19.0 Å². The molecule has 20 heavy (non-hydrogen) atoms. The minimum atomic E-state index is -0.189. The lowest BCUT2D eigenvalue weighted by Crippen LogP contribution is -2.37. The predicted octanol–water partition coefficient (Wildman–Crippen LogP) is 0.336. The van der Waals surface area contributed by atoms with Crippen molar-refractivity contribution in [2.24, 2.45) is 0 Å². The highest BCUT2D eigenvalue weighted by Crippen LogP contribution is 2.06. The fraction of sp³-hybridized carbons (Fsp3) is 0.786. The zero-order chi connectivity index (χ0) is 15.3. The van der Waals surface area contributed by atoms with E-state index in [0.29, 0.717) is 39.6 Å². The van der Waals surface area contributed by atoms with E-state index in [-0.39, 0.29) is 11.5 Å². The third-order valence-electron chi connectivity index (χ3n) is 2.43. The standard InChI is InChI=1S/C14H28N2O4/c1-5-13(17)16-6-7-18-8-9-19-10-11-20-14(2,3)12-15-4/h5,15H,1,6-12H2,2-4H3,(H,16,17). The van der Waals surface area contributed by atoms with Gasteiger partial charge in [-0.3, -0.25) is 4.79 Å². The van der Waals surface area contributed by atoms with Gasteiger partial charge in [-0.15, -0.1) is 0 Å². The van der Waals surface area contributed by atoms with Crippen molar-refractivity contribution in [1.82, 2.24) is 10.6 Å². The van der Waals surface area contributed by atoms with Gasteiger partial charge < -0.3 is 24.8 Å². The molecule has 1 amide bonds. The molecular formula is C14H28N2O4. The van der Waals surface area contributed by atoms with Gasteiger partial charge in [0.1, 0.15) is 0 Å². The molecule has 0 spiro atoms. The van der Waals surface area contributed by atoms with E-state index in [2.05, 4.69) is 17.2 Å². The molecule has 0 saturated heterocycles. The van der Waals surface area contributed by atoms with Crippen LogP contribution in [0.25, 0.3) is 0 Å². The van der Waals surface area contributed by atoms with Gasteiger partial charge in [-0.05, 0) is 27.0 Å². The van der Waals surface area contributed by atoms with E-state index in [1.807, 2.05) is 20.9 Å². The monoisotopic (exact) mass is 288 g/mol. The number of carbonyl (C=O) groups excluding carboxylic acids is 1. The third kappa shape index (κ3) is 12.1. The first kappa shape index (κ1) is 19.1. The zero-order valence-electron chi connectivity index (χ0n) is 12.9. The third-order valence-corrected chi connectivity index (χ3v) is 2.43. The van der Waals surface area contributed by atoms with Gasteiger partial charge in [-0.1, -0.05) is 6.58 Å². The van der Waals surface area contributed by atoms with Crippen LogP contribution in [0.5, 0.6) is 0 Å². The molecule has 118 valence electrons. The van der Waals surface area contributed by atoms with E-state index >= 15 is 0 Å². The average Bonchev–Trinajstić information content (AvgIpc) is 2.40. The fourth-order valence-electron chi connectivity index (χ4n) is 1.49. The number of ether oxygens (including phenoxy) is 3. The smallest absolute Gasteiger partial charge is 0.243 e. The highest BCUT2D eigenvalue weighted by atomic mass is 16.5. The van der Waals surface area contributed by atoms with E-state index in [0.717, 1.165) is 6.54 Å². The van der Waals surface area contributed by atoms with Crippen LogP contribution < -0.4 is 10.6 Å². The minimum absolute atomic E-state index is 0.183. The molecule has 0 aromatic carbocycles. The summed E-state index contributed by atoms with van der Waals surface area (Å²) < 4.78 is 16.3. The lowest BCUT2D eigenvalue weighted by atomic mass is 10.1. The van der Waals surface area contributed by atoms with Gasteiger partial charge in [0.05, 0.1) is 38.6 Å². The summed E-state index contributed by atoms with van der Waals surface area (Å²) in [5.41, 5.74) is -0.183.